The summed E-state index contributed by atoms with van der Waals surface area (Å²) in [5, 5.41) is 2.73. The molecule has 2 aliphatic heterocycles. The van der Waals surface area contributed by atoms with Crippen LogP contribution in [0, 0.1) is 11.8 Å². The van der Waals surface area contributed by atoms with Gasteiger partial charge >= 0.3 is 6.09 Å². The number of carbonyl (C=O) groups is 3. The molecular weight excluding hydrogens is 298 g/mol. The number of carbonyl (C=O) groups excluding carboxylic acids is 3. The van der Waals surface area contributed by atoms with Crippen LogP contribution in [0.3, 0.4) is 0 Å². The molecule has 23 heavy (non-hydrogen) atoms. The lowest BCUT2D eigenvalue weighted by molar-refractivity contribution is -0.132. The first-order chi connectivity index (χ1) is 10.7. The van der Waals surface area contributed by atoms with E-state index < -0.39 is 5.60 Å². The average Bonchev–Trinajstić information content (AvgIpc) is 2.66. The molecule has 0 radical (unpaired) electrons. The summed E-state index contributed by atoms with van der Waals surface area (Å²) >= 11 is 0. The molecule has 126 valence electrons. The molecule has 0 aromatic carbocycles. The minimum Gasteiger partial charge on any atom is -0.444 e. The van der Waals surface area contributed by atoms with Gasteiger partial charge in [-0.15, -0.1) is 0 Å². The molecule has 0 spiro atoms. The second-order valence-corrected chi connectivity index (χ2v) is 6.83. The van der Waals surface area contributed by atoms with E-state index in [1.165, 1.54) is 0 Å². The molecule has 0 bridgehead atoms. The Morgan fingerprint density at radius 3 is 2.48 bits per heavy atom. The van der Waals surface area contributed by atoms with E-state index in [9.17, 15) is 14.4 Å². The number of hydrogen-bond acceptors (Lipinski definition) is 4. The highest BCUT2D eigenvalue weighted by Gasteiger charge is 2.42. The van der Waals surface area contributed by atoms with Crippen molar-refractivity contribution in [3.63, 3.8) is 0 Å². The maximum absolute atomic E-state index is 12.1. The van der Waals surface area contributed by atoms with Gasteiger partial charge in [0.2, 0.25) is 5.91 Å². The van der Waals surface area contributed by atoms with Crippen LogP contribution in [-0.4, -0.2) is 65.0 Å². The first-order valence-electron chi connectivity index (χ1n) is 7.70. The molecule has 0 saturated carbocycles. The Balaban J connectivity index is 1.81. The third-order valence-electron chi connectivity index (χ3n) is 3.69. The van der Waals surface area contributed by atoms with Gasteiger partial charge in [-0.25, -0.2) is 4.79 Å². The molecule has 1 N–H and O–H groups in total. The van der Waals surface area contributed by atoms with Crippen molar-refractivity contribution in [2.75, 3.05) is 19.6 Å². The van der Waals surface area contributed by atoms with Crippen LogP contribution in [-0.2, 0) is 14.3 Å². The number of ether oxygens (including phenoxy) is 1. The monoisotopic (exact) mass is 321 g/mol. The largest absolute Gasteiger partial charge is 0.444 e. The fourth-order valence-electron chi connectivity index (χ4n) is 2.64. The number of nitrogens with one attached hydrogen (secondary N) is 1. The maximum Gasteiger partial charge on any atom is 0.410 e. The van der Waals surface area contributed by atoms with E-state index in [1.54, 1.807) is 16.7 Å². The number of rotatable bonds is 2. The van der Waals surface area contributed by atoms with Gasteiger partial charge in [-0.2, -0.15) is 0 Å². The molecule has 2 fully saturated rings. The predicted molar refractivity (Wildman–Crippen MR) is 83.3 cm³/mol. The quantitative estimate of drug-likeness (QED) is 0.744. The van der Waals surface area contributed by atoms with E-state index in [0.29, 0.717) is 19.6 Å². The fourth-order valence-corrected chi connectivity index (χ4v) is 2.64. The SMILES string of the molecule is CC#CC(=O)NC1CC(=O)N(C2CN(C(=O)OC(C)(C)C)C2)C1. The molecule has 2 heterocycles. The van der Waals surface area contributed by atoms with Crippen LogP contribution in [0.15, 0.2) is 0 Å². The van der Waals surface area contributed by atoms with Crippen molar-refractivity contribution in [2.24, 2.45) is 0 Å². The summed E-state index contributed by atoms with van der Waals surface area (Å²) in [6.07, 6.45) is -0.0801. The zero-order valence-electron chi connectivity index (χ0n) is 14.0. The van der Waals surface area contributed by atoms with Crippen LogP contribution >= 0.6 is 0 Å². The Morgan fingerprint density at radius 2 is 1.91 bits per heavy atom. The van der Waals surface area contributed by atoms with Gasteiger partial charge in [0.15, 0.2) is 0 Å². The second kappa shape index (κ2) is 6.49. The van der Waals surface area contributed by atoms with Crippen LogP contribution in [0.1, 0.15) is 34.1 Å². The first kappa shape index (κ1) is 17.1. The highest BCUT2D eigenvalue weighted by atomic mass is 16.6. The molecule has 0 aliphatic carbocycles. The first-order valence-corrected chi connectivity index (χ1v) is 7.70. The Kier molecular flexibility index (Phi) is 4.83. The second-order valence-electron chi connectivity index (χ2n) is 6.83. The number of likely N-dealkylation sites (tertiary alicyclic amines) is 2. The predicted octanol–water partition coefficient (Wildman–Crippen LogP) is 0.346. The number of amides is 3. The normalized spacial score (nSPS) is 21.4. The third kappa shape index (κ3) is 4.38. The van der Waals surface area contributed by atoms with Gasteiger partial charge in [-0.3, -0.25) is 9.59 Å². The molecular formula is C16H23N3O4. The fraction of sp³-hybridized carbons (Fsp3) is 0.688. The van der Waals surface area contributed by atoms with Crippen molar-refractivity contribution in [3.8, 4) is 11.8 Å². The van der Waals surface area contributed by atoms with Crippen molar-refractivity contribution in [3.05, 3.63) is 0 Å². The highest BCUT2D eigenvalue weighted by Crippen LogP contribution is 2.23. The highest BCUT2D eigenvalue weighted by molar-refractivity contribution is 5.94. The Morgan fingerprint density at radius 1 is 1.26 bits per heavy atom. The Hall–Kier alpha value is -2.23. The summed E-state index contributed by atoms with van der Waals surface area (Å²) < 4.78 is 5.29. The van der Waals surface area contributed by atoms with Gasteiger partial charge in [-0.05, 0) is 33.6 Å². The lowest BCUT2D eigenvalue weighted by atomic mass is 10.1. The molecule has 2 saturated heterocycles. The van der Waals surface area contributed by atoms with Crippen molar-refractivity contribution in [1.82, 2.24) is 15.1 Å². The van der Waals surface area contributed by atoms with E-state index in [2.05, 4.69) is 17.2 Å². The molecule has 1 atom stereocenters. The maximum atomic E-state index is 12.1. The van der Waals surface area contributed by atoms with E-state index in [1.807, 2.05) is 20.8 Å². The van der Waals surface area contributed by atoms with Crippen LogP contribution < -0.4 is 5.32 Å². The van der Waals surface area contributed by atoms with E-state index in [-0.39, 0.29) is 36.4 Å². The molecule has 2 aliphatic rings. The van der Waals surface area contributed by atoms with Crippen molar-refractivity contribution in [1.29, 1.82) is 0 Å². The lowest BCUT2D eigenvalue weighted by Crippen LogP contribution is -2.62. The van der Waals surface area contributed by atoms with Crippen molar-refractivity contribution in [2.45, 2.75) is 51.8 Å². The third-order valence-corrected chi connectivity index (χ3v) is 3.69. The zero-order valence-corrected chi connectivity index (χ0v) is 14.0. The summed E-state index contributed by atoms with van der Waals surface area (Å²) in [7, 11) is 0. The van der Waals surface area contributed by atoms with E-state index in [4.69, 9.17) is 4.74 Å². The molecule has 3 amide bonds. The minimum absolute atomic E-state index is 0.00539. The minimum atomic E-state index is -0.526. The summed E-state index contributed by atoms with van der Waals surface area (Å²) in [5.74, 6) is 4.56. The Labute approximate surface area is 136 Å². The smallest absolute Gasteiger partial charge is 0.410 e. The zero-order chi connectivity index (χ0) is 17.2. The van der Waals surface area contributed by atoms with Gasteiger partial charge < -0.3 is 19.9 Å². The summed E-state index contributed by atoms with van der Waals surface area (Å²) in [6.45, 7) is 8.44. The number of nitrogens with zero attached hydrogens (tertiary/aromatic N) is 2. The lowest BCUT2D eigenvalue weighted by Gasteiger charge is -2.44. The van der Waals surface area contributed by atoms with Gasteiger partial charge in [0.25, 0.3) is 5.91 Å². The molecule has 0 aromatic heterocycles. The van der Waals surface area contributed by atoms with Crippen LogP contribution in [0.25, 0.3) is 0 Å². The molecule has 0 aromatic rings. The van der Waals surface area contributed by atoms with Gasteiger partial charge in [0, 0.05) is 26.1 Å². The summed E-state index contributed by atoms with van der Waals surface area (Å²) in [4.78, 5) is 38.7. The summed E-state index contributed by atoms with van der Waals surface area (Å²) in [5.41, 5.74) is -0.526. The van der Waals surface area contributed by atoms with Crippen molar-refractivity contribution >= 4 is 17.9 Å². The molecule has 7 nitrogen and oxygen atoms in total. The van der Waals surface area contributed by atoms with E-state index >= 15 is 0 Å². The van der Waals surface area contributed by atoms with Gasteiger partial charge in [-0.1, -0.05) is 5.92 Å². The van der Waals surface area contributed by atoms with Crippen LogP contribution in [0.4, 0.5) is 4.79 Å². The van der Waals surface area contributed by atoms with Crippen molar-refractivity contribution < 1.29 is 19.1 Å². The average molecular weight is 321 g/mol. The van der Waals surface area contributed by atoms with E-state index in [0.717, 1.165) is 0 Å². The standard InChI is InChI=1S/C16H23N3O4/c1-5-6-13(20)17-11-7-14(21)19(8-11)12-9-18(10-12)15(22)23-16(2,3)4/h11-12H,7-10H2,1-4H3,(H,17,20). The number of hydrogen-bond donors (Lipinski definition) is 1. The summed E-state index contributed by atoms with van der Waals surface area (Å²) in [6, 6.07) is -0.222. The molecule has 1 unspecified atom stereocenters. The Bertz CT molecular complexity index is 564. The van der Waals surface area contributed by atoms with Gasteiger partial charge in [0.05, 0.1) is 12.1 Å². The van der Waals surface area contributed by atoms with Crippen LogP contribution in [0.2, 0.25) is 0 Å². The topological polar surface area (TPSA) is 79.0 Å². The molecule has 2 rings (SSSR count). The van der Waals surface area contributed by atoms with Gasteiger partial charge in [0.1, 0.15) is 5.60 Å². The molecule has 7 heteroatoms. The van der Waals surface area contributed by atoms with Crippen LogP contribution in [0.5, 0.6) is 0 Å².